The number of carboxylic acids is 1. The average molecular weight is 209 g/mol. The van der Waals surface area contributed by atoms with Gasteiger partial charge in [-0.25, -0.2) is 0 Å². The number of hydrogen-bond donors (Lipinski definition) is 3. The summed E-state index contributed by atoms with van der Waals surface area (Å²) in [5.41, 5.74) is 7.02. The Balaban J connectivity index is 2.96. The number of carboxylic acid groups (broad SMARTS) is 1. The minimum absolute atomic E-state index is 0.0624. The van der Waals surface area contributed by atoms with Gasteiger partial charge >= 0.3 is 5.97 Å². The summed E-state index contributed by atoms with van der Waals surface area (Å²) in [6.07, 6.45) is -0.0624. The predicted molar refractivity (Wildman–Crippen MR) is 56.9 cm³/mol. The van der Waals surface area contributed by atoms with Crippen molar-refractivity contribution in [1.82, 2.24) is 0 Å². The lowest BCUT2D eigenvalue weighted by atomic mass is 9.94. The SMILES string of the molecule is Cc1ccc(C(CN)CC(=O)O)c(O)c1. The van der Waals surface area contributed by atoms with Crippen LogP contribution in [-0.4, -0.2) is 22.7 Å². The maximum atomic E-state index is 10.6. The topological polar surface area (TPSA) is 83.6 Å². The molecule has 1 unspecified atom stereocenters. The highest BCUT2D eigenvalue weighted by Crippen LogP contribution is 2.28. The lowest BCUT2D eigenvalue weighted by molar-refractivity contribution is -0.137. The normalized spacial score (nSPS) is 12.4. The van der Waals surface area contributed by atoms with Crippen LogP contribution in [0.15, 0.2) is 18.2 Å². The zero-order chi connectivity index (χ0) is 11.4. The van der Waals surface area contributed by atoms with Crippen LogP contribution in [0, 0.1) is 6.92 Å². The van der Waals surface area contributed by atoms with Crippen molar-refractivity contribution < 1.29 is 15.0 Å². The van der Waals surface area contributed by atoms with E-state index in [1.165, 1.54) is 0 Å². The van der Waals surface area contributed by atoms with Crippen molar-refractivity contribution >= 4 is 5.97 Å². The molecule has 0 aliphatic carbocycles. The van der Waals surface area contributed by atoms with E-state index in [0.29, 0.717) is 5.56 Å². The van der Waals surface area contributed by atoms with E-state index in [4.69, 9.17) is 10.8 Å². The van der Waals surface area contributed by atoms with Crippen molar-refractivity contribution in [2.75, 3.05) is 6.54 Å². The largest absolute Gasteiger partial charge is 0.508 e. The van der Waals surface area contributed by atoms with Gasteiger partial charge in [0, 0.05) is 5.92 Å². The number of phenols is 1. The van der Waals surface area contributed by atoms with Gasteiger partial charge in [-0.1, -0.05) is 12.1 Å². The predicted octanol–water partition coefficient (Wildman–Crippen LogP) is 1.22. The van der Waals surface area contributed by atoms with Crippen LogP contribution in [0.1, 0.15) is 23.5 Å². The molecule has 0 fully saturated rings. The smallest absolute Gasteiger partial charge is 0.304 e. The van der Waals surface area contributed by atoms with Crippen LogP contribution in [0.2, 0.25) is 0 Å². The fourth-order valence-corrected chi connectivity index (χ4v) is 1.53. The van der Waals surface area contributed by atoms with Gasteiger partial charge in [0.25, 0.3) is 0 Å². The van der Waals surface area contributed by atoms with Crippen LogP contribution in [-0.2, 0) is 4.79 Å². The Morgan fingerprint density at radius 1 is 1.53 bits per heavy atom. The number of aromatic hydroxyl groups is 1. The Morgan fingerprint density at radius 3 is 2.67 bits per heavy atom. The van der Waals surface area contributed by atoms with Crippen LogP contribution in [0.25, 0.3) is 0 Å². The van der Waals surface area contributed by atoms with Gasteiger partial charge in [-0.05, 0) is 30.7 Å². The van der Waals surface area contributed by atoms with Crippen LogP contribution in [0.4, 0.5) is 0 Å². The first-order valence-corrected chi connectivity index (χ1v) is 4.76. The molecule has 0 spiro atoms. The summed E-state index contributed by atoms with van der Waals surface area (Å²) in [6, 6.07) is 5.17. The van der Waals surface area contributed by atoms with Crippen LogP contribution in [0.3, 0.4) is 0 Å². The maximum absolute atomic E-state index is 10.6. The van der Waals surface area contributed by atoms with Gasteiger partial charge in [-0.15, -0.1) is 0 Å². The van der Waals surface area contributed by atoms with E-state index in [1.54, 1.807) is 12.1 Å². The minimum Gasteiger partial charge on any atom is -0.508 e. The number of rotatable bonds is 4. The third kappa shape index (κ3) is 2.95. The third-order valence-electron chi connectivity index (χ3n) is 2.33. The van der Waals surface area contributed by atoms with E-state index in [2.05, 4.69) is 0 Å². The highest BCUT2D eigenvalue weighted by molar-refractivity contribution is 5.68. The lowest BCUT2D eigenvalue weighted by Gasteiger charge is -2.14. The molecule has 0 amide bonds. The van der Waals surface area contributed by atoms with E-state index in [1.807, 2.05) is 13.0 Å². The van der Waals surface area contributed by atoms with E-state index < -0.39 is 5.97 Å². The second kappa shape index (κ2) is 4.79. The molecule has 0 bridgehead atoms. The van der Waals surface area contributed by atoms with Gasteiger partial charge in [0.1, 0.15) is 5.75 Å². The molecular weight excluding hydrogens is 194 g/mol. The van der Waals surface area contributed by atoms with Crippen molar-refractivity contribution in [3.05, 3.63) is 29.3 Å². The number of phenolic OH excluding ortho intramolecular Hbond substituents is 1. The van der Waals surface area contributed by atoms with E-state index in [0.717, 1.165) is 5.56 Å². The van der Waals surface area contributed by atoms with Crippen LogP contribution < -0.4 is 5.73 Å². The molecular formula is C11H15NO3. The molecule has 15 heavy (non-hydrogen) atoms. The summed E-state index contributed by atoms with van der Waals surface area (Å²) in [6.45, 7) is 2.07. The molecule has 82 valence electrons. The second-order valence-electron chi connectivity index (χ2n) is 3.59. The van der Waals surface area contributed by atoms with Crippen LogP contribution >= 0.6 is 0 Å². The summed E-state index contributed by atoms with van der Waals surface area (Å²) in [5.74, 6) is -1.12. The lowest BCUT2D eigenvalue weighted by Crippen LogP contribution is -2.16. The van der Waals surface area contributed by atoms with E-state index in [-0.39, 0.29) is 24.6 Å². The van der Waals surface area contributed by atoms with Crippen molar-refractivity contribution in [3.63, 3.8) is 0 Å². The highest BCUT2D eigenvalue weighted by Gasteiger charge is 2.17. The number of carbonyl (C=O) groups is 1. The highest BCUT2D eigenvalue weighted by atomic mass is 16.4. The first-order chi connectivity index (χ1) is 7.04. The summed E-state index contributed by atoms with van der Waals surface area (Å²) >= 11 is 0. The van der Waals surface area contributed by atoms with Crippen molar-refractivity contribution in [2.24, 2.45) is 5.73 Å². The molecule has 1 rings (SSSR count). The van der Waals surface area contributed by atoms with Crippen molar-refractivity contribution in [1.29, 1.82) is 0 Å². The molecule has 0 aromatic heterocycles. The molecule has 0 aliphatic rings. The minimum atomic E-state index is -0.912. The van der Waals surface area contributed by atoms with Crippen LogP contribution in [0.5, 0.6) is 5.75 Å². The molecule has 0 saturated heterocycles. The quantitative estimate of drug-likeness (QED) is 0.696. The summed E-state index contributed by atoms with van der Waals surface area (Å²) in [4.78, 5) is 10.6. The molecule has 1 aromatic carbocycles. The summed E-state index contributed by atoms with van der Waals surface area (Å²) in [7, 11) is 0. The molecule has 4 heteroatoms. The monoisotopic (exact) mass is 209 g/mol. The molecule has 4 nitrogen and oxygen atoms in total. The molecule has 4 N–H and O–H groups in total. The fraction of sp³-hybridized carbons (Fsp3) is 0.364. The van der Waals surface area contributed by atoms with Crippen molar-refractivity contribution in [2.45, 2.75) is 19.3 Å². The Bertz CT molecular complexity index is 363. The Morgan fingerprint density at radius 2 is 2.20 bits per heavy atom. The third-order valence-corrected chi connectivity index (χ3v) is 2.33. The Labute approximate surface area is 88.3 Å². The molecule has 0 heterocycles. The number of benzene rings is 1. The van der Waals surface area contributed by atoms with Gasteiger partial charge in [0.05, 0.1) is 6.42 Å². The molecule has 1 atom stereocenters. The zero-order valence-corrected chi connectivity index (χ0v) is 8.60. The van der Waals surface area contributed by atoms with E-state index in [9.17, 15) is 9.90 Å². The molecule has 0 aliphatic heterocycles. The summed E-state index contributed by atoms with van der Waals surface area (Å²) in [5, 5.41) is 18.3. The maximum Gasteiger partial charge on any atom is 0.304 e. The number of aryl methyl sites for hydroxylation is 1. The molecule has 1 aromatic rings. The van der Waals surface area contributed by atoms with Gasteiger partial charge in [0.15, 0.2) is 0 Å². The summed E-state index contributed by atoms with van der Waals surface area (Å²) < 4.78 is 0. The fourth-order valence-electron chi connectivity index (χ4n) is 1.53. The molecule has 0 saturated carbocycles. The second-order valence-corrected chi connectivity index (χ2v) is 3.59. The van der Waals surface area contributed by atoms with Gasteiger partial charge in [0.2, 0.25) is 0 Å². The Hall–Kier alpha value is -1.55. The standard InChI is InChI=1S/C11H15NO3/c1-7-2-3-9(10(13)4-7)8(6-12)5-11(14)15/h2-4,8,13H,5-6,12H2,1H3,(H,14,15). The number of nitrogens with two attached hydrogens (primary N) is 1. The zero-order valence-electron chi connectivity index (χ0n) is 8.60. The average Bonchev–Trinajstić information content (AvgIpc) is 2.14. The van der Waals surface area contributed by atoms with E-state index >= 15 is 0 Å². The van der Waals surface area contributed by atoms with Gasteiger partial charge < -0.3 is 15.9 Å². The molecule has 0 radical (unpaired) electrons. The first-order valence-electron chi connectivity index (χ1n) is 4.76. The van der Waals surface area contributed by atoms with Gasteiger partial charge in [-0.2, -0.15) is 0 Å². The first kappa shape index (κ1) is 11.5. The van der Waals surface area contributed by atoms with Gasteiger partial charge in [-0.3, -0.25) is 4.79 Å². The van der Waals surface area contributed by atoms with Crippen molar-refractivity contribution in [3.8, 4) is 5.75 Å². The Kier molecular flexibility index (Phi) is 3.68. The number of hydrogen-bond acceptors (Lipinski definition) is 3. The number of aliphatic carboxylic acids is 1.